The highest BCUT2D eigenvalue weighted by molar-refractivity contribution is 5.92. The van der Waals surface area contributed by atoms with Crippen LogP contribution in [0, 0.1) is 5.92 Å². The van der Waals surface area contributed by atoms with Crippen LogP contribution in [-0.4, -0.2) is 16.1 Å². The maximum absolute atomic E-state index is 10.9. The van der Waals surface area contributed by atoms with Crippen LogP contribution in [0.5, 0.6) is 0 Å². The van der Waals surface area contributed by atoms with Gasteiger partial charge in [-0.25, -0.2) is 4.79 Å². The molecule has 3 heteroatoms. The maximum Gasteiger partial charge on any atom is 0.331 e. The lowest BCUT2D eigenvalue weighted by Gasteiger charge is -2.05. The number of pyridine rings is 1. The predicted octanol–water partition coefficient (Wildman–Crippen LogP) is 2.21. The van der Waals surface area contributed by atoms with Gasteiger partial charge in [0.05, 0.1) is 0 Å². The number of hydrogen-bond acceptors (Lipinski definition) is 2. The van der Waals surface area contributed by atoms with E-state index in [1.165, 1.54) is 0 Å². The minimum Gasteiger partial charge on any atom is -0.478 e. The first-order valence-electron chi connectivity index (χ1n) is 4.46. The van der Waals surface area contributed by atoms with Gasteiger partial charge in [0.15, 0.2) is 0 Å². The van der Waals surface area contributed by atoms with Crippen molar-refractivity contribution < 1.29 is 9.90 Å². The molecule has 0 atom stereocenters. The van der Waals surface area contributed by atoms with Gasteiger partial charge >= 0.3 is 5.97 Å². The van der Waals surface area contributed by atoms with Gasteiger partial charge < -0.3 is 5.11 Å². The molecule has 1 N–H and O–H groups in total. The number of carboxylic acids is 1. The normalized spacial score (nSPS) is 11.8. The van der Waals surface area contributed by atoms with E-state index < -0.39 is 5.97 Å². The van der Waals surface area contributed by atoms with Crippen LogP contribution in [0.4, 0.5) is 0 Å². The number of hydrogen-bond donors (Lipinski definition) is 1. The molecule has 0 amide bonds. The first-order valence-corrected chi connectivity index (χ1v) is 4.46. The fourth-order valence-corrected chi connectivity index (χ4v) is 1.12. The SMILES string of the molecule is CC(C)/C(=C\c1cccnc1)C(=O)O. The molecule has 0 radical (unpaired) electrons. The van der Waals surface area contributed by atoms with Crippen molar-refractivity contribution in [2.45, 2.75) is 13.8 Å². The van der Waals surface area contributed by atoms with Gasteiger partial charge in [-0.05, 0) is 23.6 Å². The highest BCUT2D eigenvalue weighted by Gasteiger charge is 2.11. The fraction of sp³-hybridized carbons (Fsp3) is 0.273. The molecule has 74 valence electrons. The Morgan fingerprint density at radius 3 is 2.71 bits per heavy atom. The van der Waals surface area contributed by atoms with Gasteiger partial charge in [-0.15, -0.1) is 0 Å². The Bertz CT molecular complexity index is 342. The average molecular weight is 191 g/mol. The van der Waals surface area contributed by atoms with Gasteiger partial charge in [0.1, 0.15) is 0 Å². The lowest BCUT2D eigenvalue weighted by Crippen LogP contribution is -2.06. The molecule has 14 heavy (non-hydrogen) atoms. The smallest absolute Gasteiger partial charge is 0.331 e. The molecule has 0 aliphatic carbocycles. The van der Waals surface area contributed by atoms with Crippen LogP contribution in [0.25, 0.3) is 6.08 Å². The van der Waals surface area contributed by atoms with Gasteiger partial charge in [0.25, 0.3) is 0 Å². The zero-order valence-electron chi connectivity index (χ0n) is 8.27. The summed E-state index contributed by atoms with van der Waals surface area (Å²) in [5, 5.41) is 8.92. The van der Waals surface area contributed by atoms with E-state index in [1.54, 1.807) is 24.5 Å². The van der Waals surface area contributed by atoms with E-state index in [9.17, 15) is 4.79 Å². The van der Waals surface area contributed by atoms with Crippen LogP contribution in [-0.2, 0) is 4.79 Å². The van der Waals surface area contributed by atoms with E-state index in [0.717, 1.165) is 5.56 Å². The maximum atomic E-state index is 10.9. The first-order chi connectivity index (χ1) is 6.61. The Morgan fingerprint density at radius 2 is 2.29 bits per heavy atom. The van der Waals surface area contributed by atoms with Crippen molar-refractivity contribution in [1.29, 1.82) is 0 Å². The van der Waals surface area contributed by atoms with Crippen LogP contribution < -0.4 is 0 Å². The van der Waals surface area contributed by atoms with E-state index in [-0.39, 0.29) is 5.92 Å². The van der Waals surface area contributed by atoms with Crippen LogP contribution >= 0.6 is 0 Å². The lowest BCUT2D eigenvalue weighted by atomic mass is 10.0. The summed E-state index contributed by atoms with van der Waals surface area (Å²) in [5.41, 5.74) is 1.22. The number of aliphatic carboxylic acids is 1. The highest BCUT2D eigenvalue weighted by Crippen LogP contribution is 2.14. The zero-order chi connectivity index (χ0) is 10.6. The summed E-state index contributed by atoms with van der Waals surface area (Å²) in [6.45, 7) is 3.71. The molecule has 0 unspecified atom stereocenters. The fourth-order valence-electron chi connectivity index (χ4n) is 1.12. The van der Waals surface area contributed by atoms with Crippen LogP contribution in [0.3, 0.4) is 0 Å². The molecule has 0 aliphatic heterocycles. The minimum atomic E-state index is -0.871. The van der Waals surface area contributed by atoms with Gasteiger partial charge in [-0.2, -0.15) is 0 Å². The van der Waals surface area contributed by atoms with Crippen LogP contribution in [0.15, 0.2) is 30.1 Å². The van der Waals surface area contributed by atoms with E-state index in [1.807, 2.05) is 19.9 Å². The topological polar surface area (TPSA) is 50.2 Å². The Labute approximate surface area is 83.1 Å². The summed E-state index contributed by atoms with van der Waals surface area (Å²) in [4.78, 5) is 14.8. The molecule has 0 aromatic carbocycles. The minimum absolute atomic E-state index is 0.00714. The highest BCUT2D eigenvalue weighted by atomic mass is 16.4. The third kappa shape index (κ3) is 2.69. The van der Waals surface area contributed by atoms with E-state index in [0.29, 0.717) is 5.57 Å². The molecule has 0 bridgehead atoms. The number of nitrogens with zero attached hydrogens (tertiary/aromatic N) is 1. The number of rotatable bonds is 3. The van der Waals surface area contributed by atoms with Gasteiger partial charge in [-0.3, -0.25) is 4.98 Å². The molecule has 0 saturated carbocycles. The molecule has 1 rings (SSSR count). The Hall–Kier alpha value is -1.64. The monoisotopic (exact) mass is 191 g/mol. The summed E-state index contributed by atoms with van der Waals surface area (Å²) in [6.07, 6.45) is 4.96. The van der Waals surface area contributed by atoms with E-state index >= 15 is 0 Å². The second-order valence-corrected chi connectivity index (χ2v) is 3.35. The largest absolute Gasteiger partial charge is 0.478 e. The summed E-state index contributed by atoms with van der Waals surface area (Å²) in [5.74, 6) is -0.864. The lowest BCUT2D eigenvalue weighted by molar-refractivity contribution is -0.133. The second-order valence-electron chi connectivity index (χ2n) is 3.35. The second kappa shape index (κ2) is 4.56. The van der Waals surface area contributed by atoms with Gasteiger partial charge in [0, 0.05) is 18.0 Å². The van der Waals surface area contributed by atoms with Gasteiger partial charge in [0.2, 0.25) is 0 Å². The summed E-state index contributed by atoms with van der Waals surface area (Å²) < 4.78 is 0. The van der Waals surface area contributed by atoms with Crippen LogP contribution in [0.1, 0.15) is 19.4 Å². The molecular weight excluding hydrogens is 178 g/mol. The van der Waals surface area contributed by atoms with E-state index in [4.69, 9.17) is 5.11 Å². The third-order valence-corrected chi connectivity index (χ3v) is 1.88. The predicted molar refractivity (Wildman–Crippen MR) is 54.7 cm³/mol. The van der Waals surface area contributed by atoms with Crippen molar-refractivity contribution in [3.8, 4) is 0 Å². The Morgan fingerprint density at radius 1 is 1.57 bits per heavy atom. The number of carboxylic acid groups (broad SMARTS) is 1. The van der Waals surface area contributed by atoms with Crippen molar-refractivity contribution >= 4 is 12.0 Å². The molecule has 0 fully saturated rings. The molecule has 1 aromatic heterocycles. The summed E-state index contributed by atoms with van der Waals surface area (Å²) >= 11 is 0. The summed E-state index contributed by atoms with van der Waals surface area (Å²) in [7, 11) is 0. The third-order valence-electron chi connectivity index (χ3n) is 1.88. The first kappa shape index (κ1) is 10.4. The van der Waals surface area contributed by atoms with Crippen molar-refractivity contribution in [1.82, 2.24) is 4.98 Å². The van der Waals surface area contributed by atoms with Crippen molar-refractivity contribution in [2.24, 2.45) is 5.92 Å². The Balaban J connectivity index is 3.00. The molecule has 0 aliphatic rings. The molecule has 1 heterocycles. The molecule has 1 aromatic rings. The standard InChI is InChI=1S/C11H13NO2/c1-8(2)10(11(13)14)6-9-4-3-5-12-7-9/h3-8H,1-2H3,(H,13,14)/b10-6+. The molecular formula is C11H13NO2. The number of aromatic nitrogens is 1. The molecule has 0 spiro atoms. The van der Waals surface area contributed by atoms with E-state index in [2.05, 4.69) is 4.98 Å². The zero-order valence-corrected chi connectivity index (χ0v) is 8.27. The quantitative estimate of drug-likeness (QED) is 0.745. The summed E-state index contributed by atoms with van der Waals surface area (Å²) in [6, 6.07) is 3.62. The van der Waals surface area contributed by atoms with Crippen molar-refractivity contribution in [3.05, 3.63) is 35.7 Å². The molecule has 0 saturated heterocycles. The average Bonchev–Trinajstić information content (AvgIpc) is 2.15. The van der Waals surface area contributed by atoms with Crippen LogP contribution in [0.2, 0.25) is 0 Å². The number of carbonyl (C=O) groups is 1. The Kier molecular flexibility index (Phi) is 3.40. The van der Waals surface area contributed by atoms with Gasteiger partial charge in [-0.1, -0.05) is 19.9 Å². The van der Waals surface area contributed by atoms with Crippen molar-refractivity contribution in [3.63, 3.8) is 0 Å². The molecule has 3 nitrogen and oxygen atoms in total. The van der Waals surface area contributed by atoms with Crippen molar-refractivity contribution in [2.75, 3.05) is 0 Å².